The molecule has 0 bridgehead atoms. The summed E-state index contributed by atoms with van der Waals surface area (Å²) in [5, 5.41) is 0. The fourth-order valence-corrected chi connectivity index (χ4v) is 2.36. The molecular weight excluding hydrogens is 306 g/mol. The lowest BCUT2D eigenvalue weighted by Gasteiger charge is -2.10. The first-order valence-corrected chi connectivity index (χ1v) is 6.96. The van der Waals surface area contributed by atoms with Gasteiger partial charge in [-0.3, -0.25) is 0 Å². The van der Waals surface area contributed by atoms with E-state index in [0.29, 0.717) is 11.7 Å². The summed E-state index contributed by atoms with van der Waals surface area (Å²) in [6.07, 6.45) is 1.78. The van der Waals surface area contributed by atoms with E-state index in [0.717, 1.165) is 28.0 Å². The third-order valence-corrected chi connectivity index (χ3v) is 3.35. The van der Waals surface area contributed by atoms with Gasteiger partial charge < -0.3 is 15.0 Å². The van der Waals surface area contributed by atoms with E-state index in [2.05, 4.69) is 34.8 Å². The lowest BCUT2D eigenvalue weighted by Crippen LogP contribution is -2.06. The number of benzene rings is 1. The van der Waals surface area contributed by atoms with Gasteiger partial charge in [0.2, 0.25) is 0 Å². The number of anilines is 1. The summed E-state index contributed by atoms with van der Waals surface area (Å²) in [7, 11) is 1.65. The van der Waals surface area contributed by atoms with Crippen molar-refractivity contribution < 1.29 is 4.74 Å². The Hall–Kier alpha value is -1.49. The van der Waals surface area contributed by atoms with E-state index in [-0.39, 0.29) is 0 Å². The third-order valence-electron chi connectivity index (χ3n) is 2.86. The summed E-state index contributed by atoms with van der Waals surface area (Å²) >= 11 is 3.46. The topological polar surface area (TPSA) is 53.1 Å². The number of hydrogen-bond acceptors (Lipinski definition) is 3. The van der Waals surface area contributed by atoms with E-state index in [1.165, 1.54) is 0 Å². The van der Waals surface area contributed by atoms with E-state index >= 15 is 0 Å². The largest absolute Gasteiger partial charge is 0.496 e. The number of halogens is 1. The Morgan fingerprint density at radius 3 is 2.79 bits per heavy atom. The van der Waals surface area contributed by atoms with Crippen molar-refractivity contribution >= 4 is 21.7 Å². The van der Waals surface area contributed by atoms with Gasteiger partial charge in [0.25, 0.3) is 0 Å². The van der Waals surface area contributed by atoms with Crippen molar-refractivity contribution in [2.45, 2.75) is 20.4 Å². The van der Waals surface area contributed by atoms with Crippen LogP contribution >= 0.6 is 15.9 Å². The number of nitrogen functional groups attached to an aromatic ring is 1. The molecular formula is C14H18BrN3O. The Bertz CT molecular complexity index is 578. The molecule has 0 fully saturated rings. The predicted octanol–water partition coefficient (Wildman–Crippen LogP) is 3.56. The molecule has 0 saturated carbocycles. The summed E-state index contributed by atoms with van der Waals surface area (Å²) in [6.45, 7) is 5.16. The zero-order chi connectivity index (χ0) is 14.0. The van der Waals surface area contributed by atoms with Crippen LogP contribution in [0.25, 0.3) is 11.3 Å². The van der Waals surface area contributed by atoms with Gasteiger partial charge in [0, 0.05) is 16.6 Å². The average molecular weight is 324 g/mol. The van der Waals surface area contributed by atoms with E-state index in [1.807, 2.05) is 22.8 Å². The summed E-state index contributed by atoms with van der Waals surface area (Å²) in [4.78, 5) is 4.43. The molecule has 2 rings (SSSR count). The molecule has 0 atom stereocenters. The maximum atomic E-state index is 6.19. The first-order valence-electron chi connectivity index (χ1n) is 6.17. The number of ether oxygens (including phenoxy) is 1. The van der Waals surface area contributed by atoms with Crippen LogP contribution in [-0.4, -0.2) is 16.7 Å². The van der Waals surface area contributed by atoms with Gasteiger partial charge in [0.15, 0.2) is 0 Å². The van der Waals surface area contributed by atoms with E-state index in [4.69, 9.17) is 10.5 Å². The second kappa shape index (κ2) is 5.65. The molecule has 0 unspecified atom stereocenters. The molecule has 2 N–H and O–H groups in total. The molecule has 0 amide bonds. The van der Waals surface area contributed by atoms with Gasteiger partial charge in [-0.1, -0.05) is 29.8 Å². The van der Waals surface area contributed by atoms with Crippen molar-refractivity contribution in [1.29, 1.82) is 0 Å². The molecule has 0 spiro atoms. The minimum atomic E-state index is 0.522. The van der Waals surface area contributed by atoms with Crippen LogP contribution in [0.15, 0.2) is 29.0 Å². The zero-order valence-electron chi connectivity index (χ0n) is 11.4. The number of imidazole rings is 1. The van der Waals surface area contributed by atoms with E-state index in [1.54, 1.807) is 13.4 Å². The minimum absolute atomic E-state index is 0.522. The number of aromatic nitrogens is 2. The number of nitrogens with two attached hydrogens (primary N) is 1. The maximum Gasteiger partial charge on any atom is 0.131 e. The van der Waals surface area contributed by atoms with Gasteiger partial charge in [0.05, 0.1) is 13.4 Å². The monoisotopic (exact) mass is 323 g/mol. The molecule has 1 aromatic carbocycles. The molecule has 5 heteroatoms. The molecule has 0 aliphatic heterocycles. The van der Waals surface area contributed by atoms with Crippen molar-refractivity contribution in [3.05, 3.63) is 29.0 Å². The summed E-state index contributed by atoms with van der Waals surface area (Å²) in [6, 6.07) is 5.81. The highest BCUT2D eigenvalue weighted by molar-refractivity contribution is 9.10. The standard InChI is InChI=1S/C14H18BrN3O/c1-9(2)7-18-8-17-13(14(18)16)11-6-10(15)4-5-12(11)19-3/h4-6,8-9H,7,16H2,1-3H3. The first kappa shape index (κ1) is 13.9. The SMILES string of the molecule is COc1ccc(Br)cc1-c1ncn(CC(C)C)c1N. The summed E-state index contributed by atoms with van der Waals surface area (Å²) in [5.41, 5.74) is 7.85. The predicted molar refractivity (Wildman–Crippen MR) is 81.2 cm³/mol. The maximum absolute atomic E-state index is 6.19. The molecule has 1 aromatic heterocycles. The van der Waals surface area contributed by atoms with Gasteiger partial charge in [0.1, 0.15) is 17.3 Å². The molecule has 19 heavy (non-hydrogen) atoms. The van der Waals surface area contributed by atoms with Crippen LogP contribution in [0.1, 0.15) is 13.8 Å². The lowest BCUT2D eigenvalue weighted by molar-refractivity contribution is 0.416. The normalized spacial score (nSPS) is 11.0. The minimum Gasteiger partial charge on any atom is -0.496 e. The number of hydrogen-bond donors (Lipinski definition) is 1. The fourth-order valence-electron chi connectivity index (χ4n) is 2.00. The first-order chi connectivity index (χ1) is 9.02. The number of methoxy groups -OCH3 is 1. The van der Waals surface area contributed by atoms with E-state index < -0.39 is 0 Å². The van der Waals surface area contributed by atoms with Crippen LogP contribution in [0.4, 0.5) is 5.82 Å². The summed E-state index contributed by atoms with van der Waals surface area (Å²) in [5.74, 6) is 1.96. The highest BCUT2D eigenvalue weighted by Gasteiger charge is 2.15. The lowest BCUT2D eigenvalue weighted by atomic mass is 10.1. The molecule has 0 saturated heterocycles. The molecule has 2 aromatic rings. The van der Waals surface area contributed by atoms with Gasteiger partial charge in [-0.15, -0.1) is 0 Å². The molecule has 1 heterocycles. The van der Waals surface area contributed by atoms with Gasteiger partial charge in [-0.05, 0) is 24.1 Å². The Kier molecular flexibility index (Phi) is 4.14. The van der Waals surface area contributed by atoms with Crippen molar-refractivity contribution in [2.75, 3.05) is 12.8 Å². The second-order valence-electron chi connectivity index (χ2n) is 4.87. The molecule has 102 valence electrons. The Labute approximate surface area is 121 Å². The zero-order valence-corrected chi connectivity index (χ0v) is 12.9. The van der Waals surface area contributed by atoms with E-state index in [9.17, 15) is 0 Å². The highest BCUT2D eigenvalue weighted by atomic mass is 79.9. The highest BCUT2D eigenvalue weighted by Crippen LogP contribution is 2.34. The van der Waals surface area contributed by atoms with Crippen molar-refractivity contribution in [3.63, 3.8) is 0 Å². The van der Waals surface area contributed by atoms with Gasteiger partial charge in [-0.2, -0.15) is 0 Å². The van der Waals surface area contributed by atoms with Crippen LogP contribution in [0.5, 0.6) is 5.75 Å². The van der Waals surface area contributed by atoms with Crippen molar-refractivity contribution in [1.82, 2.24) is 9.55 Å². The van der Waals surface area contributed by atoms with Crippen LogP contribution in [0.3, 0.4) is 0 Å². The molecule has 4 nitrogen and oxygen atoms in total. The number of rotatable bonds is 4. The second-order valence-corrected chi connectivity index (χ2v) is 5.78. The van der Waals surface area contributed by atoms with Crippen LogP contribution < -0.4 is 10.5 Å². The van der Waals surface area contributed by atoms with Crippen LogP contribution in [0, 0.1) is 5.92 Å². The van der Waals surface area contributed by atoms with Crippen molar-refractivity contribution in [3.8, 4) is 17.0 Å². The average Bonchev–Trinajstić information content (AvgIpc) is 2.70. The number of nitrogens with zero attached hydrogens (tertiary/aromatic N) is 2. The summed E-state index contributed by atoms with van der Waals surface area (Å²) < 4.78 is 8.32. The molecule has 0 aliphatic carbocycles. The van der Waals surface area contributed by atoms with Gasteiger partial charge >= 0.3 is 0 Å². The fraction of sp³-hybridized carbons (Fsp3) is 0.357. The quantitative estimate of drug-likeness (QED) is 0.935. The third kappa shape index (κ3) is 2.92. The van der Waals surface area contributed by atoms with Crippen LogP contribution in [0.2, 0.25) is 0 Å². The smallest absolute Gasteiger partial charge is 0.131 e. The Morgan fingerprint density at radius 1 is 1.42 bits per heavy atom. The van der Waals surface area contributed by atoms with Gasteiger partial charge in [-0.25, -0.2) is 4.98 Å². The molecule has 0 aliphatic rings. The molecule has 0 radical (unpaired) electrons. The van der Waals surface area contributed by atoms with Crippen molar-refractivity contribution in [2.24, 2.45) is 5.92 Å². The Morgan fingerprint density at radius 2 is 2.16 bits per heavy atom. The van der Waals surface area contributed by atoms with Crippen LogP contribution in [-0.2, 0) is 6.54 Å². The Balaban J connectivity index is 2.47.